The molecule has 4 rings (SSSR count). The highest BCUT2D eigenvalue weighted by molar-refractivity contribution is 14.1. The van der Waals surface area contributed by atoms with Crippen LogP contribution in [-0.4, -0.2) is 16.8 Å². The molecule has 0 aliphatic carbocycles. The Morgan fingerprint density at radius 1 is 0.821 bits per heavy atom. The van der Waals surface area contributed by atoms with Gasteiger partial charge in [0.05, 0.1) is 11.6 Å². The van der Waals surface area contributed by atoms with E-state index in [4.69, 9.17) is 0 Å². The van der Waals surface area contributed by atoms with E-state index in [0.717, 1.165) is 9.13 Å². The fraction of sp³-hybridized carbons (Fsp3) is 0.0435. The second kappa shape index (κ2) is 7.59. The molecular formula is C23H16INO3. The number of halogens is 1. The Hall–Kier alpha value is -2.93. The Bertz CT molecular complexity index is 1060. The van der Waals surface area contributed by atoms with Gasteiger partial charge in [-0.05, 0) is 52.4 Å². The van der Waals surface area contributed by atoms with Crippen molar-refractivity contribution in [3.63, 3.8) is 0 Å². The van der Waals surface area contributed by atoms with Gasteiger partial charge >= 0.3 is 0 Å². The van der Waals surface area contributed by atoms with Gasteiger partial charge in [-0.2, -0.15) is 0 Å². The summed E-state index contributed by atoms with van der Waals surface area (Å²) in [6, 6.07) is 24.8. The zero-order valence-corrected chi connectivity index (χ0v) is 16.9. The summed E-state index contributed by atoms with van der Waals surface area (Å²) < 4.78 is 1.03. The van der Waals surface area contributed by atoms with Crippen LogP contribution in [0.3, 0.4) is 0 Å². The smallest absolute Gasteiger partial charge is 0.300 e. The second-order valence-corrected chi connectivity index (χ2v) is 7.67. The molecule has 1 N–H and O–H groups in total. The Balaban J connectivity index is 1.94. The van der Waals surface area contributed by atoms with Crippen molar-refractivity contribution in [3.8, 4) is 0 Å². The van der Waals surface area contributed by atoms with Crippen LogP contribution < -0.4 is 4.90 Å². The van der Waals surface area contributed by atoms with Crippen LogP contribution in [0.4, 0.5) is 5.69 Å². The second-order valence-electron chi connectivity index (χ2n) is 6.42. The molecule has 1 aliphatic heterocycles. The molecule has 1 heterocycles. The molecule has 1 aliphatic rings. The van der Waals surface area contributed by atoms with Gasteiger partial charge in [0.15, 0.2) is 0 Å². The van der Waals surface area contributed by atoms with Crippen LogP contribution in [0.1, 0.15) is 17.2 Å². The van der Waals surface area contributed by atoms with Gasteiger partial charge in [-0.25, -0.2) is 0 Å². The van der Waals surface area contributed by atoms with Crippen molar-refractivity contribution in [3.05, 3.63) is 105 Å². The number of carbonyl (C=O) groups is 2. The molecule has 1 atom stereocenters. The topological polar surface area (TPSA) is 57.6 Å². The number of hydrogen-bond acceptors (Lipinski definition) is 3. The SMILES string of the molecule is O=C1C(=O)N(c2ccc(I)cc2)C(c2ccccc2)C1=C(O)c1ccccc1. The Labute approximate surface area is 176 Å². The maximum Gasteiger partial charge on any atom is 0.300 e. The molecule has 0 spiro atoms. The van der Waals surface area contributed by atoms with Crippen LogP contribution in [0.25, 0.3) is 5.76 Å². The van der Waals surface area contributed by atoms with E-state index in [2.05, 4.69) is 22.6 Å². The van der Waals surface area contributed by atoms with Crippen LogP contribution in [0.5, 0.6) is 0 Å². The van der Waals surface area contributed by atoms with Crippen molar-refractivity contribution in [1.29, 1.82) is 0 Å². The first kappa shape index (κ1) is 18.4. The number of nitrogens with zero attached hydrogens (tertiary/aromatic N) is 1. The summed E-state index contributed by atoms with van der Waals surface area (Å²) in [5.74, 6) is -1.50. The molecule has 28 heavy (non-hydrogen) atoms. The van der Waals surface area contributed by atoms with E-state index in [0.29, 0.717) is 11.3 Å². The van der Waals surface area contributed by atoms with Gasteiger partial charge in [0.25, 0.3) is 11.7 Å². The first-order valence-electron chi connectivity index (χ1n) is 8.75. The number of amides is 1. The quantitative estimate of drug-likeness (QED) is 0.250. The molecule has 1 amide bonds. The lowest BCUT2D eigenvalue weighted by molar-refractivity contribution is -0.132. The zero-order valence-electron chi connectivity index (χ0n) is 14.7. The molecule has 3 aromatic rings. The molecule has 138 valence electrons. The number of benzene rings is 3. The summed E-state index contributed by atoms with van der Waals surface area (Å²) in [5, 5.41) is 10.9. The Morgan fingerprint density at radius 2 is 1.39 bits per heavy atom. The minimum Gasteiger partial charge on any atom is -0.507 e. The van der Waals surface area contributed by atoms with E-state index < -0.39 is 17.7 Å². The summed E-state index contributed by atoms with van der Waals surface area (Å²) in [5.41, 5.74) is 1.98. The lowest BCUT2D eigenvalue weighted by Gasteiger charge is -2.25. The van der Waals surface area contributed by atoms with E-state index in [1.54, 1.807) is 24.3 Å². The fourth-order valence-corrected chi connectivity index (χ4v) is 3.76. The molecule has 4 nitrogen and oxygen atoms in total. The van der Waals surface area contributed by atoms with Crippen LogP contribution in [0.15, 0.2) is 90.5 Å². The number of aliphatic hydroxyl groups is 1. The van der Waals surface area contributed by atoms with Crippen LogP contribution in [0.2, 0.25) is 0 Å². The van der Waals surface area contributed by atoms with Crippen molar-refractivity contribution in [2.45, 2.75) is 6.04 Å². The molecule has 0 radical (unpaired) electrons. The molecule has 0 aromatic heterocycles. The molecule has 1 fully saturated rings. The third-order valence-electron chi connectivity index (χ3n) is 4.71. The fourth-order valence-electron chi connectivity index (χ4n) is 3.40. The van der Waals surface area contributed by atoms with Gasteiger partial charge in [0, 0.05) is 14.8 Å². The number of anilines is 1. The minimum atomic E-state index is -0.693. The van der Waals surface area contributed by atoms with E-state index >= 15 is 0 Å². The van der Waals surface area contributed by atoms with E-state index in [1.807, 2.05) is 60.7 Å². The summed E-state index contributed by atoms with van der Waals surface area (Å²) in [4.78, 5) is 27.4. The molecule has 3 aromatic carbocycles. The zero-order chi connectivity index (χ0) is 19.7. The number of ketones is 1. The van der Waals surface area contributed by atoms with Crippen LogP contribution in [-0.2, 0) is 9.59 Å². The highest BCUT2D eigenvalue weighted by atomic mass is 127. The molecule has 1 saturated heterocycles. The highest BCUT2D eigenvalue weighted by Gasteiger charge is 2.46. The standard InChI is InChI=1S/C23H16INO3/c24-17-11-13-18(14-12-17)25-20(15-7-3-1-4-8-15)19(22(27)23(25)28)21(26)16-9-5-2-6-10-16/h1-14,20,26H. The van der Waals surface area contributed by atoms with Crippen LogP contribution in [0, 0.1) is 3.57 Å². The predicted molar refractivity (Wildman–Crippen MR) is 117 cm³/mol. The van der Waals surface area contributed by atoms with E-state index in [-0.39, 0.29) is 11.3 Å². The third-order valence-corrected chi connectivity index (χ3v) is 5.43. The van der Waals surface area contributed by atoms with Crippen molar-refractivity contribution >= 4 is 45.7 Å². The van der Waals surface area contributed by atoms with Crippen molar-refractivity contribution in [2.75, 3.05) is 4.90 Å². The minimum absolute atomic E-state index is 0.0981. The van der Waals surface area contributed by atoms with Gasteiger partial charge < -0.3 is 5.11 Å². The largest absolute Gasteiger partial charge is 0.507 e. The monoisotopic (exact) mass is 481 g/mol. The van der Waals surface area contributed by atoms with Crippen molar-refractivity contribution in [1.82, 2.24) is 0 Å². The van der Waals surface area contributed by atoms with Crippen LogP contribution >= 0.6 is 22.6 Å². The van der Waals surface area contributed by atoms with Crippen molar-refractivity contribution in [2.24, 2.45) is 0 Å². The number of Topliss-reactive ketones (excluding diaryl/α,β-unsaturated/α-hetero) is 1. The molecule has 0 bridgehead atoms. The number of carbonyl (C=O) groups excluding carboxylic acids is 2. The van der Waals surface area contributed by atoms with Crippen molar-refractivity contribution < 1.29 is 14.7 Å². The normalized spacial score (nSPS) is 18.5. The molecule has 1 unspecified atom stereocenters. The van der Waals surface area contributed by atoms with Gasteiger partial charge in [-0.3, -0.25) is 14.5 Å². The summed E-state index contributed by atoms with van der Waals surface area (Å²) in [6.07, 6.45) is 0. The number of rotatable bonds is 3. The maximum atomic E-state index is 12.9. The van der Waals surface area contributed by atoms with Gasteiger partial charge in [-0.1, -0.05) is 60.7 Å². The Morgan fingerprint density at radius 3 is 2.00 bits per heavy atom. The van der Waals surface area contributed by atoms with E-state index in [9.17, 15) is 14.7 Å². The third kappa shape index (κ3) is 3.22. The highest BCUT2D eigenvalue weighted by Crippen LogP contribution is 2.42. The first-order valence-corrected chi connectivity index (χ1v) is 9.83. The summed E-state index contributed by atoms with van der Waals surface area (Å²) in [6.45, 7) is 0. The number of hydrogen-bond donors (Lipinski definition) is 1. The average molecular weight is 481 g/mol. The molecular weight excluding hydrogens is 465 g/mol. The Kier molecular flexibility index (Phi) is 5.00. The lowest BCUT2D eigenvalue weighted by Crippen LogP contribution is -2.29. The summed E-state index contributed by atoms with van der Waals surface area (Å²) in [7, 11) is 0. The molecule has 5 heteroatoms. The van der Waals surface area contributed by atoms with E-state index in [1.165, 1.54) is 4.90 Å². The molecule has 0 saturated carbocycles. The lowest BCUT2D eigenvalue weighted by atomic mass is 9.95. The first-order chi connectivity index (χ1) is 13.6. The van der Waals surface area contributed by atoms with Gasteiger partial charge in [0.1, 0.15) is 5.76 Å². The van der Waals surface area contributed by atoms with Gasteiger partial charge in [-0.15, -0.1) is 0 Å². The maximum absolute atomic E-state index is 12.9. The summed E-state index contributed by atoms with van der Waals surface area (Å²) >= 11 is 2.19. The average Bonchev–Trinajstić information content (AvgIpc) is 3.00. The predicted octanol–water partition coefficient (Wildman–Crippen LogP) is 4.92. The van der Waals surface area contributed by atoms with Gasteiger partial charge in [0.2, 0.25) is 0 Å². The number of aliphatic hydroxyl groups excluding tert-OH is 1.